The van der Waals surface area contributed by atoms with Crippen molar-refractivity contribution in [3.63, 3.8) is 0 Å². The molecule has 1 aliphatic rings. The van der Waals surface area contributed by atoms with Crippen molar-refractivity contribution in [1.82, 2.24) is 10.6 Å². The van der Waals surface area contributed by atoms with Crippen molar-refractivity contribution in [3.8, 4) is 0 Å². The van der Waals surface area contributed by atoms with Gasteiger partial charge in [-0.2, -0.15) is 0 Å². The Kier molecular flexibility index (Phi) is 4.43. The summed E-state index contributed by atoms with van der Waals surface area (Å²) in [6.45, 7) is 6.54. The van der Waals surface area contributed by atoms with E-state index in [4.69, 9.17) is 0 Å². The van der Waals surface area contributed by atoms with Crippen LogP contribution in [0.25, 0.3) is 0 Å². The smallest absolute Gasteiger partial charge is 0.234 e. The average molecular weight is 278 g/mol. The Morgan fingerprint density at radius 3 is 2.40 bits per heavy atom. The third-order valence-electron chi connectivity index (χ3n) is 3.50. The van der Waals surface area contributed by atoms with Gasteiger partial charge in [-0.25, -0.2) is 4.39 Å². The molecule has 110 valence electrons. The van der Waals surface area contributed by atoms with Crippen molar-refractivity contribution in [2.75, 3.05) is 6.54 Å². The molecule has 1 saturated carbocycles. The summed E-state index contributed by atoms with van der Waals surface area (Å²) < 4.78 is 13.0. The van der Waals surface area contributed by atoms with Gasteiger partial charge < -0.3 is 10.6 Å². The van der Waals surface area contributed by atoms with Gasteiger partial charge in [-0.15, -0.1) is 0 Å². The molecule has 0 saturated heterocycles. The predicted octanol–water partition coefficient (Wildman–Crippen LogP) is 2.78. The lowest BCUT2D eigenvalue weighted by molar-refractivity contribution is -0.121. The highest BCUT2D eigenvalue weighted by Crippen LogP contribution is 2.32. The van der Waals surface area contributed by atoms with E-state index in [1.54, 1.807) is 12.1 Å². The van der Waals surface area contributed by atoms with Crippen molar-refractivity contribution in [2.45, 2.75) is 45.7 Å². The average Bonchev–Trinajstić information content (AvgIpc) is 3.17. The molecule has 1 fully saturated rings. The molecule has 0 radical (unpaired) electrons. The fraction of sp³-hybridized carbons (Fsp3) is 0.562. The highest BCUT2D eigenvalue weighted by Gasteiger charge is 2.28. The van der Waals surface area contributed by atoms with E-state index < -0.39 is 0 Å². The molecular formula is C16H23FN2O. The lowest BCUT2D eigenvalue weighted by Gasteiger charge is -2.32. The summed E-state index contributed by atoms with van der Waals surface area (Å²) in [7, 11) is 0. The summed E-state index contributed by atoms with van der Waals surface area (Å²) in [6, 6.07) is 6.72. The molecular weight excluding hydrogens is 255 g/mol. The minimum atomic E-state index is -0.261. The fourth-order valence-electron chi connectivity index (χ4n) is 2.19. The van der Waals surface area contributed by atoms with E-state index in [9.17, 15) is 9.18 Å². The summed E-state index contributed by atoms with van der Waals surface area (Å²) in [6.07, 6.45) is 2.32. The first-order valence-corrected chi connectivity index (χ1v) is 7.14. The molecule has 1 aromatic rings. The van der Waals surface area contributed by atoms with E-state index >= 15 is 0 Å². The number of benzene rings is 1. The number of hydrogen-bond donors (Lipinski definition) is 2. The molecule has 1 aliphatic carbocycles. The van der Waals surface area contributed by atoms with E-state index in [1.165, 1.54) is 12.1 Å². The van der Waals surface area contributed by atoms with Crippen LogP contribution < -0.4 is 10.6 Å². The van der Waals surface area contributed by atoms with Crippen LogP contribution in [-0.4, -0.2) is 18.5 Å². The Labute approximate surface area is 120 Å². The fourth-order valence-corrected chi connectivity index (χ4v) is 2.19. The molecule has 0 aliphatic heterocycles. The maximum absolute atomic E-state index is 13.0. The highest BCUT2D eigenvalue weighted by molar-refractivity contribution is 5.78. The van der Waals surface area contributed by atoms with Gasteiger partial charge in [0.1, 0.15) is 5.82 Å². The molecule has 20 heavy (non-hydrogen) atoms. The molecule has 2 N–H and O–H groups in total. The van der Waals surface area contributed by atoms with Crippen LogP contribution in [0, 0.1) is 11.2 Å². The van der Waals surface area contributed by atoms with E-state index in [0.717, 1.165) is 18.4 Å². The first-order valence-electron chi connectivity index (χ1n) is 7.14. The molecule has 0 aromatic heterocycles. The minimum absolute atomic E-state index is 0.0128. The van der Waals surface area contributed by atoms with Gasteiger partial charge in [-0.1, -0.05) is 32.9 Å². The third kappa shape index (κ3) is 4.30. The number of hydrogen-bond acceptors (Lipinski definition) is 2. The molecule has 0 spiro atoms. The standard InChI is InChI=1S/C16H23FN2O/c1-16(2,3)15(11-4-6-12(17)7-5-11)19-14(20)10-18-13-8-9-13/h4-7,13,15,18H,8-10H2,1-3H3,(H,19,20). The van der Waals surface area contributed by atoms with Crippen molar-refractivity contribution in [2.24, 2.45) is 5.41 Å². The topological polar surface area (TPSA) is 41.1 Å². The quantitative estimate of drug-likeness (QED) is 0.869. The van der Waals surface area contributed by atoms with Crippen LogP contribution >= 0.6 is 0 Å². The number of halogens is 1. The zero-order chi connectivity index (χ0) is 14.8. The van der Waals surface area contributed by atoms with Gasteiger partial charge >= 0.3 is 0 Å². The van der Waals surface area contributed by atoms with Gasteiger partial charge in [-0.3, -0.25) is 4.79 Å². The van der Waals surface area contributed by atoms with Crippen LogP contribution in [0.4, 0.5) is 4.39 Å². The number of rotatable bonds is 5. The third-order valence-corrected chi connectivity index (χ3v) is 3.50. The second kappa shape index (κ2) is 5.92. The number of carbonyl (C=O) groups excluding carboxylic acids is 1. The number of nitrogens with one attached hydrogen (secondary N) is 2. The van der Waals surface area contributed by atoms with Crippen molar-refractivity contribution < 1.29 is 9.18 Å². The Morgan fingerprint density at radius 2 is 1.90 bits per heavy atom. The highest BCUT2D eigenvalue weighted by atomic mass is 19.1. The van der Waals surface area contributed by atoms with Gasteiger partial charge in [0.2, 0.25) is 5.91 Å². The van der Waals surface area contributed by atoms with Crippen LogP contribution in [0.1, 0.15) is 45.2 Å². The van der Waals surface area contributed by atoms with Gasteiger partial charge in [0.25, 0.3) is 0 Å². The zero-order valence-corrected chi connectivity index (χ0v) is 12.4. The summed E-state index contributed by atoms with van der Waals surface area (Å²) in [4.78, 5) is 12.0. The second-order valence-corrected chi connectivity index (χ2v) is 6.57. The molecule has 1 atom stereocenters. The molecule has 2 rings (SSSR count). The van der Waals surface area contributed by atoms with Crippen LogP contribution in [-0.2, 0) is 4.79 Å². The molecule has 3 nitrogen and oxygen atoms in total. The zero-order valence-electron chi connectivity index (χ0n) is 12.4. The first-order chi connectivity index (χ1) is 9.36. The van der Waals surface area contributed by atoms with Crippen LogP contribution in [0.2, 0.25) is 0 Å². The first kappa shape index (κ1) is 15.0. The lowest BCUT2D eigenvalue weighted by atomic mass is 9.82. The van der Waals surface area contributed by atoms with E-state index in [-0.39, 0.29) is 23.2 Å². The van der Waals surface area contributed by atoms with Gasteiger partial charge in [0.05, 0.1) is 12.6 Å². The summed E-state index contributed by atoms with van der Waals surface area (Å²) >= 11 is 0. The van der Waals surface area contributed by atoms with Crippen LogP contribution in [0.3, 0.4) is 0 Å². The van der Waals surface area contributed by atoms with Gasteiger partial charge in [-0.05, 0) is 36.0 Å². The second-order valence-electron chi connectivity index (χ2n) is 6.57. The van der Waals surface area contributed by atoms with E-state index in [0.29, 0.717) is 12.6 Å². The number of carbonyl (C=O) groups is 1. The SMILES string of the molecule is CC(C)(C)C(NC(=O)CNC1CC1)c1ccc(F)cc1. The minimum Gasteiger partial charge on any atom is -0.348 e. The Hall–Kier alpha value is -1.42. The molecule has 4 heteroatoms. The molecule has 1 aromatic carbocycles. The summed E-state index contributed by atoms with van der Waals surface area (Å²) in [5.41, 5.74) is 0.797. The van der Waals surface area contributed by atoms with Gasteiger partial charge in [0.15, 0.2) is 0 Å². The van der Waals surface area contributed by atoms with Crippen molar-refractivity contribution in [1.29, 1.82) is 0 Å². The largest absolute Gasteiger partial charge is 0.348 e. The normalized spacial score (nSPS) is 16.8. The molecule has 1 amide bonds. The predicted molar refractivity (Wildman–Crippen MR) is 77.8 cm³/mol. The molecule has 0 heterocycles. The Bertz CT molecular complexity index is 460. The van der Waals surface area contributed by atoms with Crippen molar-refractivity contribution >= 4 is 5.91 Å². The van der Waals surface area contributed by atoms with E-state index in [2.05, 4.69) is 31.4 Å². The van der Waals surface area contributed by atoms with Crippen molar-refractivity contribution in [3.05, 3.63) is 35.6 Å². The lowest BCUT2D eigenvalue weighted by Crippen LogP contribution is -2.41. The maximum atomic E-state index is 13.0. The van der Waals surface area contributed by atoms with Gasteiger partial charge in [0, 0.05) is 6.04 Å². The maximum Gasteiger partial charge on any atom is 0.234 e. The number of amides is 1. The van der Waals surface area contributed by atoms with Crippen LogP contribution in [0.15, 0.2) is 24.3 Å². The molecule has 0 bridgehead atoms. The molecule has 1 unspecified atom stereocenters. The van der Waals surface area contributed by atoms with E-state index in [1.807, 2.05) is 0 Å². The summed E-state index contributed by atoms with van der Waals surface area (Å²) in [5.74, 6) is -0.274. The summed E-state index contributed by atoms with van der Waals surface area (Å²) in [5, 5.41) is 6.25. The Morgan fingerprint density at radius 1 is 1.30 bits per heavy atom. The Balaban J connectivity index is 2.03. The monoisotopic (exact) mass is 278 g/mol. The van der Waals surface area contributed by atoms with Crippen LogP contribution in [0.5, 0.6) is 0 Å².